The van der Waals surface area contributed by atoms with E-state index in [1.165, 1.54) is 43.3 Å². The third kappa shape index (κ3) is 5.92. The molecule has 0 spiro atoms. The smallest absolute Gasteiger partial charge is 0.286 e. The third-order valence-corrected chi connectivity index (χ3v) is 6.25. The maximum atomic E-state index is 13.3. The van der Waals surface area contributed by atoms with Crippen molar-refractivity contribution >= 4 is 22.9 Å². The van der Waals surface area contributed by atoms with Crippen molar-refractivity contribution in [3.05, 3.63) is 85.6 Å². The summed E-state index contributed by atoms with van der Waals surface area (Å²) in [6.45, 7) is 4.71. The van der Waals surface area contributed by atoms with Crippen LogP contribution in [0, 0.1) is 10.1 Å². The number of nitrogens with zero attached hydrogens (tertiary/aromatic N) is 1. The van der Waals surface area contributed by atoms with Crippen LogP contribution < -0.4 is 14.8 Å². The van der Waals surface area contributed by atoms with Gasteiger partial charge in [-0.3, -0.25) is 14.9 Å². The number of carbonyl (C=O) groups excluding carboxylic acids is 1. The summed E-state index contributed by atoms with van der Waals surface area (Å²) >= 11 is 1.50. The predicted molar refractivity (Wildman–Crippen MR) is 131 cm³/mol. The zero-order valence-electron chi connectivity index (χ0n) is 19.6. The molecule has 0 radical (unpaired) electrons. The van der Waals surface area contributed by atoms with Crippen molar-refractivity contribution in [3.63, 3.8) is 0 Å². The Morgan fingerprint density at radius 1 is 1.06 bits per heavy atom. The van der Waals surface area contributed by atoms with Crippen LogP contribution in [-0.4, -0.2) is 38.3 Å². The van der Waals surface area contributed by atoms with Crippen LogP contribution >= 0.6 is 11.3 Å². The molecule has 8 nitrogen and oxygen atoms in total. The predicted octanol–water partition coefficient (Wildman–Crippen LogP) is 5.33. The third-order valence-electron chi connectivity index (χ3n) is 5.31. The van der Waals surface area contributed by atoms with Crippen LogP contribution in [0.15, 0.2) is 53.9 Å². The van der Waals surface area contributed by atoms with E-state index in [2.05, 4.69) is 19.2 Å². The Hall–Kier alpha value is -3.43. The molecular weight excluding hydrogens is 456 g/mol. The van der Waals surface area contributed by atoms with Crippen molar-refractivity contribution < 1.29 is 23.9 Å². The minimum atomic E-state index is -0.602. The second-order valence-electron chi connectivity index (χ2n) is 7.86. The van der Waals surface area contributed by atoms with E-state index in [1.54, 1.807) is 0 Å². The van der Waals surface area contributed by atoms with E-state index < -0.39 is 16.9 Å². The monoisotopic (exact) mass is 484 g/mol. The zero-order chi connectivity index (χ0) is 24.7. The fraction of sp³-hybridized carbons (Fsp3) is 0.320. The van der Waals surface area contributed by atoms with Gasteiger partial charge in [0.25, 0.3) is 11.6 Å². The Morgan fingerprint density at radius 3 is 2.32 bits per heavy atom. The Balaban J connectivity index is 1.96. The number of amides is 1. The average molecular weight is 485 g/mol. The number of nitro benzene ring substituents is 1. The van der Waals surface area contributed by atoms with Crippen LogP contribution in [0.2, 0.25) is 0 Å². The molecule has 0 saturated carbocycles. The van der Waals surface area contributed by atoms with Gasteiger partial charge in [0.2, 0.25) is 0 Å². The van der Waals surface area contributed by atoms with Crippen molar-refractivity contribution in [1.82, 2.24) is 5.32 Å². The molecule has 9 heteroatoms. The molecule has 2 aromatic carbocycles. The van der Waals surface area contributed by atoms with Gasteiger partial charge >= 0.3 is 0 Å². The van der Waals surface area contributed by atoms with Crippen LogP contribution in [-0.2, 0) is 4.74 Å². The van der Waals surface area contributed by atoms with E-state index in [9.17, 15) is 14.9 Å². The molecule has 0 aliphatic carbocycles. The second kappa shape index (κ2) is 11.6. The number of benzene rings is 2. The lowest BCUT2D eigenvalue weighted by Gasteiger charge is -2.20. The van der Waals surface area contributed by atoms with E-state index in [0.717, 1.165) is 10.4 Å². The van der Waals surface area contributed by atoms with Gasteiger partial charge < -0.3 is 19.5 Å². The first-order valence-electron chi connectivity index (χ1n) is 10.8. The first kappa shape index (κ1) is 25.2. The van der Waals surface area contributed by atoms with E-state index >= 15 is 0 Å². The number of carbonyl (C=O) groups is 1. The van der Waals surface area contributed by atoms with Crippen LogP contribution in [0.5, 0.6) is 11.5 Å². The molecule has 0 saturated heterocycles. The number of methoxy groups -OCH3 is 2. The van der Waals surface area contributed by atoms with Gasteiger partial charge in [0.15, 0.2) is 11.5 Å². The molecule has 1 heterocycles. The highest BCUT2D eigenvalue weighted by Crippen LogP contribution is 2.36. The van der Waals surface area contributed by atoms with E-state index in [0.29, 0.717) is 12.5 Å². The van der Waals surface area contributed by atoms with Crippen LogP contribution in [0.1, 0.15) is 52.2 Å². The fourth-order valence-electron chi connectivity index (χ4n) is 3.45. The lowest BCUT2D eigenvalue weighted by molar-refractivity contribution is -0.385. The Morgan fingerprint density at radius 2 is 1.76 bits per heavy atom. The fourth-order valence-corrected chi connectivity index (χ4v) is 4.25. The molecule has 1 amide bonds. The minimum absolute atomic E-state index is 0.110. The molecule has 180 valence electrons. The topological polar surface area (TPSA) is 99.9 Å². The summed E-state index contributed by atoms with van der Waals surface area (Å²) in [5.74, 6) is 0.186. The minimum Gasteiger partial charge on any atom is -0.493 e. The van der Waals surface area contributed by atoms with Gasteiger partial charge in [-0.25, -0.2) is 0 Å². The largest absolute Gasteiger partial charge is 0.493 e. The van der Waals surface area contributed by atoms with E-state index in [4.69, 9.17) is 14.2 Å². The van der Waals surface area contributed by atoms with Crippen molar-refractivity contribution in [2.75, 3.05) is 27.4 Å². The van der Waals surface area contributed by atoms with Gasteiger partial charge in [-0.1, -0.05) is 44.2 Å². The van der Waals surface area contributed by atoms with Gasteiger partial charge in [0.05, 0.1) is 30.7 Å². The highest BCUT2D eigenvalue weighted by molar-refractivity contribution is 7.10. The summed E-state index contributed by atoms with van der Waals surface area (Å²) < 4.78 is 15.8. The molecule has 1 N–H and O–H groups in total. The summed E-state index contributed by atoms with van der Waals surface area (Å²) in [5, 5.41) is 16.7. The first-order valence-corrected chi connectivity index (χ1v) is 11.7. The SMILES string of the molecule is COCCOc1cc([N+](=O)[O-])c(C(=O)NC(c2ccc(C(C)C)cc2)c2cccs2)cc1OC. The van der Waals surface area contributed by atoms with Crippen LogP contribution in [0.3, 0.4) is 0 Å². The second-order valence-corrected chi connectivity index (χ2v) is 8.84. The first-order chi connectivity index (χ1) is 16.3. The number of hydrogen-bond acceptors (Lipinski definition) is 7. The van der Waals surface area contributed by atoms with E-state index in [1.807, 2.05) is 41.8 Å². The van der Waals surface area contributed by atoms with Crippen LogP contribution in [0.4, 0.5) is 5.69 Å². The highest BCUT2D eigenvalue weighted by Gasteiger charge is 2.27. The molecule has 3 rings (SSSR count). The van der Waals surface area contributed by atoms with Crippen molar-refractivity contribution in [1.29, 1.82) is 0 Å². The van der Waals surface area contributed by atoms with Crippen molar-refractivity contribution in [3.8, 4) is 11.5 Å². The quantitative estimate of drug-likeness (QED) is 0.224. The normalized spacial score (nSPS) is 11.8. The number of ether oxygens (including phenoxy) is 3. The zero-order valence-corrected chi connectivity index (χ0v) is 20.4. The maximum absolute atomic E-state index is 13.3. The summed E-state index contributed by atoms with van der Waals surface area (Å²) in [5.41, 5.74) is 1.59. The Kier molecular flexibility index (Phi) is 8.61. The van der Waals surface area contributed by atoms with Crippen LogP contribution in [0.25, 0.3) is 0 Å². The standard InChI is InChI=1S/C25H28N2O6S/c1-16(2)17-7-9-18(10-8-17)24(23-6-5-13-34-23)26-25(28)19-14-21(32-4)22(33-12-11-31-3)15-20(19)27(29)30/h5-10,13-16,24H,11-12H2,1-4H3,(H,26,28). The molecule has 3 aromatic rings. The molecular formula is C25H28N2O6S. The number of thiophene rings is 1. The van der Waals surface area contributed by atoms with E-state index in [-0.39, 0.29) is 29.4 Å². The van der Waals surface area contributed by atoms with Crippen molar-refractivity contribution in [2.45, 2.75) is 25.8 Å². The summed E-state index contributed by atoms with van der Waals surface area (Å²) in [7, 11) is 2.94. The lowest BCUT2D eigenvalue weighted by atomic mass is 9.98. The van der Waals surface area contributed by atoms with Gasteiger partial charge in [0, 0.05) is 18.1 Å². The average Bonchev–Trinajstić information content (AvgIpc) is 3.37. The molecule has 34 heavy (non-hydrogen) atoms. The number of nitro groups is 1. The molecule has 0 fully saturated rings. The van der Waals surface area contributed by atoms with Gasteiger partial charge in [-0.05, 0) is 28.5 Å². The van der Waals surface area contributed by atoms with Gasteiger partial charge in [0.1, 0.15) is 12.2 Å². The highest BCUT2D eigenvalue weighted by atomic mass is 32.1. The van der Waals surface area contributed by atoms with Gasteiger partial charge in [-0.2, -0.15) is 0 Å². The van der Waals surface area contributed by atoms with Crippen molar-refractivity contribution in [2.24, 2.45) is 0 Å². The molecule has 0 aliphatic rings. The molecule has 0 aliphatic heterocycles. The molecule has 0 bridgehead atoms. The lowest BCUT2D eigenvalue weighted by Crippen LogP contribution is -2.29. The summed E-state index contributed by atoms with van der Waals surface area (Å²) in [6.07, 6.45) is 0. The number of nitrogens with one attached hydrogen (secondary N) is 1. The summed E-state index contributed by atoms with van der Waals surface area (Å²) in [4.78, 5) is 25.5. The number of hydrogen-bond donors (Lipinski definition) is 1. The molecule has 1 atom stereocenters. The number of rotatable bonds is 11. The maximum Gasteiger partial charge on any atom is 0.286 e. The summed E-state index contributed by atoms with van der Waals surface area (Å²) in [6, 6.07) is 13.9. The van der Waals surface area contributed by atoms with Gasteiger partial charge in [-0.15, -0.1) is 11.3 Å². The molecule has 1 aromatic heterocycles. The molecule has 1 unspecified atom stereocenters. The Bertz CT molecular complexity index is 1110. The Labute approximate surface area is 202 Å².